The van der Waals surface area contributed by atoms with Crippen LogP contribution in [0.5, 0.6) is 0 Å². The number of aromatic nitrogens is 3. The van der Waals surface area contributed by atoms with Crippen molar-refractivity contribution < 1.29 is 5.11 Å². The Hall–Kier alpha value is -3.18. The van der Waals surface area contributed by atoms with Gasteiger partial charge in [0.15, 0.2) is 5.60 Å². The third-order valence-corrected chi connectivity index (χ3v) is 6.82. The van der Waals surface area contributed by atoms with Crippen LogP contribution in [0.3, 0.4) is 0 Å². The number of aliphatic hydroxyl groups is 1. The lowest BCUT2D eigenvalue weighted by atomic mass is 9.82. The summed E-state index contributed by atoms with van der Waals surface area (Å²) >= 11 is 12.7. The Balaban J connectivity index is 1.81. The molecule has 6 heteroatoms. The van der Waals surface area contributed by atoms with E-state index in [-0.39, 0.29) is 6.04 Å². The quantitative estimate of drug-likeness (QED) is 0.252. The maximum absolute atomic E-state index is 12.5. The van der Waals surface area contributed by atoms with Crippen LogP contribution in [0.1, 0.15) is 42.3 Å². The highest BCUT2D eigenvalue weighted by Gasteiger charge is 2.37. The van der Waals surface area contributed by atoms with Gasteiger partial charge < -0.3 is 9.67 Å². The fraction of sp³-hybridized carbons (Fsp3) is 0.172. The molecule has 0 bridgehead atoms. The number of nitrogens with zero attached hydrogens (tertiary/aromatic N) is 3. The van der Waals surface area contributed by atoms with E-state index in [0.717, 1.165) is 33.2 Å². The average Bonchev–Trinajstić information content (AvgIpc) is 3.34. The van der Waals surface area contributed by atoms with E-state index >= 15 is 0 Å². The van der Waals surface area contributed by atoms with Crippen molar-refractivity contribution >= 4 is 34.1 Å². The number of benzene rings is 3. The molecule has 5 rings (SSSR count). The van der Waals surface area contributed by atoms with Gasteiger partial charge in [-0.15, -0.1) is 0 Å². The zero-order valence-corrected chi connectivity index (χ0v) is 21.2. The average molecular weight is 502 g/mol. The van der Waals surface area contributed by atoms with Crippen LogP contribution < -0.4 is 0 Å². The van der Waals surface area contributed by atoms with E-state index in [9.17, 15) is 5.11 Å². The lowest BCUT2D eigenvalue weighted by molar-refractivity contribution is 0.115. The molecule has 35 heavy (non-hydrogen) atoms. The fourth-order valence-corrected chi connectivity index (χ4v) is 4.96. The molecule has 176 valence electrons. The summed E-state index contributed by atoms with van der Waals surface area (Å²) in [6, 6.07) is 23.3. The Labute approximate surface area is 214 Å². The molecule has 0 amide bonds. The Morgan fingerprint density at radius 1 is 0.914 bits per heavy atom. The normalized spacial score (nSPS) is 13.3. The number of aryl methyl sites for hydroxylation is 1. The molecule has 0 saturated heterocycles. The second-order valence-corrected chi connectivity index (χ2v) is 9.91. The number of imidazole rings is 1. The number of hydrogen-bond acceptors (Lipinski definition) is 3. The zero-order valence-electron chi connectivity index (χ0n) is 19.7. The molecule has 0 saturated carbocycles. The number of hydrogen-bond donors (Lipinski definition) is 1. The van der Waals surface area contributed by atoms with Crippen LogP contribution in [0.25, 0.3) is 22.0 Å². The fourth-order valence-electron chi connectivity index (χ4n) is 4.57. The lowest BCUT2D eigenvalue weighted by Gasteiger charge is -2.32. The van der Waals surface area contributed by atoms with Crippen molar-refractivity contribution in [2.45, 2.75) is 32.4 Å². The number of halogens is 2. The summed E-state index contributed by atoms with van der Waals surface area (Å²) in [7, 11) is 0. The number of pyridine rings is 1. The van der Waals surface area contributed by atoms with Gasteiger partial charge in [-0.1, -0.05) is 71.2 Å². The Kier molecular flexibility index (Phi) is 6.14. The standard InChI is InChI=1S/C29H25Cl2N3O/c1-18(2)34-17-32-16-27(34)29(35,21-9-7-19(3)8-10-21)22-11-12-26-25(14-22)24(15-28(31)33-26)20-5-4-6-23(30)13-20/h4-18,35H,1-3H3. The van der Waals surface area contributed by atoms with E-state index < -0.39 is 5.60 Å². The van der Waals surface area contributed by atoms with Gasteiger partial charge >= 0.3 is 0 Å². The first kappa shape index (κ1) is 23.6. The van der Waals surface area contributed by atoms with Crippen molar-refractivity contribution in [3.8, 4) is 11.1 Å². The molecule has 0 aliphatic heterocycles. The summed E-state index contributed by atoms with van der Waals surface area (Å²) in [4.78, 5) is 8.92. The summed E-state index contributed by atoms with van der Waals surface area (Å²) in [5.41, 5.74) is 4.41. The highest BCUT2D eigenvalue weighted by atomic mass is 35.5. The minimum absolute atomic E-state index is 0.118. The zero-order chi connectivity index (χ0) is 24.7. The number of rotatable bonds is 5. The highest BCUT2D eigenvalue weighted by Crippen LogP contribution is 2.40. The molecule has 3 aromatic carbocycles. The van der Waals surface area contributed by atoms with E-state index in [4.69, 9.17) is 23.2 Å². The molecule has 0 aliphatic rings. The lowest BCUT2D eigenvalue weighted by Crippen LogP contribution is -2.32. The van der Waals surface area contributed by atoms with Crippen LogP contribution in [-0.2, 0) is 5.60 Å². The molecule has 1 unspecified atom stereocenters. The Morgan fingerprint density at radius 2 is 1.66 bits per heavy atom. The van der Waals surface area contributed by atoms with Crippen molar-refractivity contribution in [1.29, 1.82) is 0 Å². The Bertz CT molecular complexity index is 1530. The second-order valence-electron chi connectivity index (χ2n) is 9.09. The molecule has 1 N–H and O–H groups in total. The smallest absolute Gasteiger partial charge is 0.156 e. The molecule has 1 atom stereocenters. The van der Waals surface area contributed by atoms with Crippen LogP contribution in [0, 0.1) is 6.92 Å². The van der Waals surface area contributed by atoms with E-state index in [0.29, 0.717) is 21.4 Å². The summed E-state index contributed by atoms with van der Waals surface area (Å²) in [5.74, 6) is 0. The van der Waals surface area contributed by atoms with E-state index in [1.165, 1.54) is 0 Å². The summed E-state index contributed by atoms with van der Waals surface area (Å²) in [6.45, 7) is 6.18. The van der Waals surface area contributed by atoms with Crippen molar-refractivity contribution in [2.24, 2.45) is 0 Å². The SMILES string of the molecule is Cc1ccc(C(O)(c2ccc3nc(Cl)cc(-c4cccc(Cl)c4)c3c2)c2cncn2C(C)C)cc1. The largest absolute Gasteiger partial charge is 0.374 e. The monoisotopic (exact) mass is 501 g/mol. The maximum Gasteiger partial charge on any atom is 0.156 e. The molecule has 2 heterocycles. The topological polar surface area (TPSA) is 50.9 Å². The van der Waals surface area contributed by atoms with Gasteiger partial charge in [-0.05, 0) is 73.4 Å². The van der Waals surface area contributed by atoms with Crippen molar-refractivity contribution in [1.82, 2.24) is 14.5 Å². The molecule has 0 aliphatic carbocycles. The third-order valence-electron chi connectivity index (χ3n) is 6.39. The maximum atomic E-state index is 12.5. The van der Waals surface area contributed by atoms with Gasteiger partial charge in [-0.2, -0.15) is 0 Å². The molecular formula is C29H25Cl2N3O. The third kappa shape index (κ3) is 4.23. The predicted molar refractivity (Wildman–Crippen MR) is 143 cm³/mol. The van der Waals surface area contributed by atoms with Crippen molar-refractivity contribution in [3.05, 3.63) is 118 Å². The molecule has 4 nitrogen and oxygen atoms in total. The summed E-state index contributed by atoms with van der Waals surface area (Å²) in [5, 5.41) is 14.4. The van der Waals surface area contributed by atoms with Gasteiger partial charge in [-0.25, -0.2) is 9.97 Å². The minimum atomic E-state index is -1.44. The first-order valence-corrected chi connectivity index (χ1v) is 12.2. The van der Waals surface area contributed by atoms with Crippen LogP contribution >= 0.6 is 23.2 Å². The highest BCUT2D eigenvalue weighted by molar-refractivity contribution is 6.31. The van der Waals surface area contributed by atoms with Gasteiger partial charge in [0.1, 0.15) is 5.15 Å². The minimum Gasteiger partial charge on any atom is -0.374 e. The Morgan fingerprint density at radius 3 is 2.37 bits per heavy atom. The van der Waals surface area contributed by atoms with Crippen molar-refractivity contribution in [3.63, 3.8) is 0 Å². The van der Waals surface area contributed by atoms with E-state index in [2.05, 4.69) is 23.8 Å². The second kappa shape index (κ2) is 9.12. The molecule has 0 spiro atoms. The molecular weight excluding hydrogens is 477 g/mol. The van der Waals surface area contributed by atoms with Crippen LogP contribution in [0.15, 0.2) is 85.3 Å². The van der Waals surface area contributed by atoms with E-state index in [1.54, 1.807) is 12.5 Å². The molecule has 2 aromatic heterocycles. The van der Waals surface area contributed by atoms with E-state index in [1.807, 2.05) is 84.3 Å². The van der Waals surface area contributed by atoms with Gasteiger partial charge in [0.2, 0.25) is 0 Å². The van der Waals surface area contributed by atoms with Gasteiger partial charge in [0.25, 0.3) is 0 Å². The van der Waals surface area contributed by atoms with Gasteiger partial charge in [0.05, 0.1) is 23.7 Å². The van der Waals surface area contributed by atoms with Gasteiger partial charge in [0, 0.05) is 16.5 Å². The van der Waals surface area contributed by atoms with Crippen LogP contribution in [0.2, 0.25) is 10.2 Å². The predicted octanol–water partition coefficient (Wildman–Crippen LogP) is 7.58. The van der Waals surface area contributed by atoms with Crippen LogP contribution in [0.4, 0.5) is 0 Å². The van der Waals surface area contributed by atoms with Crippen LogP contribution in [-0.4, -0.2) is 19.6 Å². The first-order chi connectivity index (χ1) is 16.8. The first-order valence-electron chi connectivity index (χ1n) is 11.5. The van der Waals surface area contributed by atoms with Gasteiger partial charge in [-0.3, -0.25) is 0 Å². The number of fused-ring (bicyclic) bond motifs is 1. The molecule has 0 radical (unpaired) electrons. The summed E-state index contributed by atoms with van der Waals surface area (Å²) < 4.78 is 2.00. The molecule has 5 aromatic rings. The van der Waals surface area contributed by atoms with Crippen molar-refractivity contribution in [2.75, 3.05) is 0 Å². The molecule has 0 fully saturated rings. The summed E-state index contributed by atoms with van der Waals surface area (Å²) in [6.07, 6.45) is 3.50.